The molecule has 1 aromatic carbocycles. The molecular weight excluding hydrogens is 410 g/mol. The monoisotopic (exact) mass is 431 g/mol. The van der Waals surface area contributed by atoms with Gasteiger partial charge in [-0.2, -0.15) is 0 Å². The molecule has 10 heteroatoms. The Hall–Kier alpha value is -2.39. The second kappa shape index (κ2) is 9.41. The van der Waals surface area contributed by atoms with Crippen LogP contribution in [0.15, 0.2) is 35.7 Å². The Bertz CT molecular complexity index is 987. The molecule has 29 heavy (non-hydrogen) atoms. The summed E-state index contributed by atoms with van der Waals surface area (Å²) in [7, 11) is 0. The van der Waals surface area contributed by atoms with Crippen molar-refractivity contribution in [1.29, 1.82) is 0 Å². The molecule has 0 saturated heterocycles. The first-order valence-electron chi connectivity index (χ1n) is 9.67. The van der Waals surface area contributed by atoms with Crippen molar-refractivity contribution in [3.63, 3.8) is 0 Å². The molecule has 3 heterocycles. The summed E-state index contributed by atoms with van der Waals surface area (Å²) in [5, 5.41) is 20.9. The highest BCUT2D eigenvalue weighted by Gasteiger charge is 2.15. The van der Waals surface area contributed by atoms with Crippen LogP contribution in [-0.4, -0.2) is 47.7 Å². The number of benzene rings is 1. The van der Waals surface area contributed by atoms with Crippen molar-refractivity contribution in [2.24, 2.45) is 0 Å². The van der Waals surface area contributed by atoms with Crippen molar-refractivity contribution in [3.05, 3.63) is 47.3 Å². The summed E-state index contributed by atoms with van der Waals surface area (Å²) < 4.78 is 4.02. The first-order chi connectivity index (χ1) is 14.2. The lowest BCUT2D eigenvalue weighted by Crippen LogP contribution is -2.28. The number of hydrogen-bond acceptors (Lipinski definition) is 6. The topological polar surface area (TPSA) is 90.5 Å². The largest absolute Gasteiger partial charge is 0.355 e. The number of fused-ring (bicyclic) bond motifs is 1. The van der Waals surface area contributed by atoms with E-state index < -0.39 is 0 Å². The predicted molar refractivity (Wildman–Crippen MR) is 111 cm³/mol. The number of nitrogens with zero attached hydrogens (tertiary/aromatic N) is 6. The lowest BCUT2D eigenvalue weighted by molar-refractivity contribution is -0.118. The summed E-state index contributed by atoms with van der Waals surface area (Å²) in [6, 6.07) is 7.42. The van der Waals surface area contributed by atoms with Crippen LogP contribution in [0, 0.1) is 0 Å². The molecule has 0 bridgehead atoms. The molecular formula is C19H22ClN7OS. The highest BCUT2D eigenvalue weighted by Crippen LogP contribution is 2.21. The van der Waals surface area contributed by atoms with Crippen molar-refractivity contribution in [3.8, 4) is 5.69 Å². The van der Waals surface area contributed by atoms with E-state index in [0.29, 0.717) is 23.1 Å². The van der Waals surface area contributed by atoms with Crippen molar-refractivity contribution < 1.29 is 4.79 Å². The summed E-state index contributed by atoms with van der Waals surface area (Å²) in [6.07, 6.45) is 6.85. The van der Waals surface area contributed by atoms with Gasteiger partial charge in [-0.3, -0.25) is 9.36 Å². The smallest absolute Gasteiger partial charge is 0.230 e. The van der Waals surface area contributed by atoms with Gasteiger partial charge in [0.2, 0.25) is 5.91 Å². The molecule has 1 aliphatic rings. The molecule has 0 aliphatic carbocycles. The molecule has 2 aromatic heterocycles. The van der Waals surface area contributed by atoms with Gasteiger partial charge in [-0.1, -0.05) is 35.9 Å². The zero-order valence-corrected chi connectivity index (χ0v) is 17.5. The Balaban J connectivity index is 1.27. The first-order valence-corrected chi connectivity index (χ1v) is 11.0. The van der Waals surface area contributed by atoms with Gasteiger partial charge in [-0.25, -0.2) is 0 Å². The maximum Gasteiger partial charge on any atom is 0.230 e. The Morgan fingerprint density at radius 1 is 1.21 bits per heavy atom. The number of carbonyl (C=O) groups excluding carboxylic acids is 1. The van der Waals surface area contributed by atoms with Gasteiger partial charge in [0.25, 0.3) is 0 Å². The van der Waals surface area contributed by atoms with E-state index in [9.17, 15) is 4.79 Å². The number of amides is 1. The normalized spacial score (nSPS) is 13.7. The van der Waals surface area contributed by atoms with Crippen molar-refractivity contribution in [1.82, 2.24) is 34.8 Å². The number of thioether (sulfide) groups is 1. The third-order valence-electron chi connectivity index (χ3n) is 4.79. The number of halogens is 1. The third-order valence-corrected chi connectivity index (χ3v) is 5.97. The van der Waals surface area contributed by atoms with Crippen LogP contribution >= 0.6 is 23.4 Å². The maximum absolute atomic E-state index is 12.3. The lowest BCUT2D eigenvalue weighted by Gasteiger charge is -2.08. The van der Waals surface area contributed by atoms with E-state index in [1.165, 1.54) is 24.6 Å². The van der Waals surface area contributed by atoms with Gasteiger partial charge < -0.3 is 9.88 Å². The molecule has 0 radical (unpaired) electrons. The standard InChI is InChI=1S/C19H22ClN7OS/c20-14-5-4-6-15(11-14)27-13-22-25-19(27)29-12-18(28)21-9-8-17-24-23-16-7-2-1-3-10-26(16)17/h4-6,11,13H,1-3,7-10,12H2,(H,21,28). The zero-order valence-electron chi connectivity index (χ0n) is 15.9. The molecule has 0 fully saturated rings. The molecule has 0 saturated carbocycles. The van der Waals surface area contributed by atoms with E-state index >= 15 is 0 Å². The van der Waals surface area contributed by atoms with E-state index in [-0.39, 0.29) is 11.7 Å². The van der Waals surface area contributed by atoms with E-state index in [2.05, 4.69) is 30.3 Å². The molecule has 0 unspecified atom stereocenters. The Kier molecular flexibility index (Phi) is 6.46. The number of rotatable bonds is 7. The lowest BCUT2D eigenvalue weighted by atomic mass is 10.2. The van der Waals surface area contributed by atoms with Gasteiger partial charge >= 0.3 is 0 Å². The van der Waals surface area contributed by atoms with E-state index in [0.717, 1.165) is 36.7 Å². The number of aromatic nitrogens is 6. The summed E-state index contributed by atoms with van der Waals surface area (Å²) >= 11 is 7.40. The summed E-state index contributed by atoms with van der Waals surface area (Å²) in [5.74, 6) is 2.23. The molecule has 1 amide bonds. The molecule has 3 aromatic rings. The minimum Gasteiger partial charge on any atom is -0.355 e. The number of aryl methyl sites for hydroxylation is 1. The first kappa shape index (κ1) is 19.9. The summed E-state index contributed by atoms with van der Waals surface area (Å²) in [4.78, 5) is 12.3. The predicted octanol–water partition coefficient (Wildman–Crippen LogP) is 2.69. The minimum absolute atomic E-state index is 0.0498. The molecule has 8 nitrogen and oxygen atoms in total. The molecule has 0 atom stereocenters. The zero-order chi connectivity index (χ0) is 20.1. The molecule has 0 spiro atoms. The number of hydrogen-bond donors (Lipinski definition) is 1. The second-order valence-electron chi connectivity index (χ2n) is 6.85. The van der Waals surface area contributed by atoms with Crippen LogP contribution in [0.1, 0.15) is 30.9 Å². The van der Waals surface area contributed by atoms with Gasteiger partial charge in [0, 0.05) is 31.0 Å². The Morgan fingerprint density at radius 2 is 2.14 bits per heavy atom. The van der Waals surface area contributed by atoms with Crippen LogP contribution in [0.5, 0.6) is 0 Å². The fraction of sp³-hybridized carbons (Fsp3) is 0.421. The van der Waals surface area contributed by atoms with Crippen LogP contribution in [0.2, 0.25) is 5.02 Å². The average molecular weight is 432 g/mol. The van der Waals surface area contributed by atoms with Gasteiger partial charge in [0.05, 0.1) is 11.4 Å². The van der Waals surface area contributed by atoms with E-state index in [4.69, 9.17) is 11.6 Å². The van der Waals surface area contributed by atoms with Crippen LogP contribution < -0.4 is 5.32 Å². The SMILES string of the molecule is O=C(CSc1nncn1-c1cccc(Cl)c1)NCCc1nnc2n1CCCCC2. The molecule has 1 N–H and O–H groups in total. The average Bonchev–Trinajstić information content (AvgIpc) is 3.27. The quantitative estimate of drug-likeness (QED) is 0.578. The minimum atomic E-state index is -0.0498. The van der Waals surface area contributed by atoms with Gasteiger partial charge in [-0.05, 0) is 31.0 Å². The Morgan fingerprint density at radius 3 is 3.03 bits per heavy atom. The van der Waals surface area contributed by atoms with Gasteiger partial charge in [0.15, 0.2) is 5.16 Å². The van der Waals surface area contributed by atoms with Gasteiger partial charge in [-0.15, -0.1) is 20.4 Å². The fourth-order valence-corrected chi connectivity index (χ4v) is 4.29. The van der Waals surface area contributed by atoms with Crippen LogP contribution in [0.25, 0.3) is 5.69 Å². The van der Waals surface area contributed by atoms with Crippen molar-refractivity contribution in [2.45, 2.75) is 43.8 Å². The number of carbonyl (C=O) groups is 1. The highest BCUT2D eigenvalue weighted by molar-refractivity contribution is 7.99. The second-order valence-corrected chi connectivity index (χ2v) is 8.23. The fourth-order valence-electron chi connectivity index (χ4n) is 3.35. The Labute approximate surface area is 178 Å². The van der Waals surface area contributed by atoms with Crippen molar-refractivity contribution >= 4 is 29.3 Å². The highest BCUT2D eigenvalue weighted by atomic mass is 35.5. The van der Waals surface area contributed by atoms with Gasteiger partial charge in [0.1, 0.15) is 18.0 Å². The van der Waals surface area contributed by atoms with E-state index in [1.54, 1.807) is 6.33 Å². The van der Waals surface area contributed by atoms with E-state index in [1.807, 2.05) is 28.8 Å². The summed E-state index contributed by atoms with van der Waals surface area (Å²) in [6.45, 7) is 1.51. The number of nitrogens with one attached hydrogen (secondary N) is 1. The van der Waals surface area contributed by atoms with Crippen LogP contribution in [0.3, 0.4) is 0 Å². The molecule has 4 rings (SSSR count). The summed E-state index contributed by atoms with van der Waals surface area (Å²) in [5.41, 5.74) is 0.859. The molecule has 152 valence electrons. The maximum atomic E-state index is 12.3. The van der Waals surface area contributed by atoms with Crippen LogP contribution in [0.4, 0.5) is 0 Å². The molecule has 1 aliphatic heterocycles. The van der Waals surface area contributed by atoms with Crippen LogP contribution in [-0.2, 0) is 24.2 Å². The van der Waals surface area contributed by atoms with Crippen molar-refractivity contribution in [2.75, 3.05) is 12.3 Å². The third kappa shape index (κ3) is 4.97.